The highest BCUT2D eigenvalue weighted by atomic mass is 35.5. The SMILES string of the molecule is O=C(OC[C@H]1O[C@@H](n2c(=S)[nH]c3cc4cc(Cl)c(Cl)cc4nc32)[C@H](OC(=O)c2ccccc2)[C@@H]1OC(=O)c1ccccc1)c1ccccc1. The molecule has 2 aromatic heterocycles. The second-order valence-corrected chi connectivity index (χ2v) is 12.3. The van der Waals surface area contributed by atoms with Gasteiger partial charge in [-0.15, -0.1) is 0 Å². The van der Waals surface area contributed by atoms with Crippen LogP contribution < -0.4 is 0 Å². The minimum Gasteiger partial charge on any atom is -0.459 e. The quantitative estimate of drug-likeness (QED) is 0.0958. The Bertz CT molecular complexity index is 2250. The van der Waals surface area contributed by atoms with Crippen LogP contribution in [0.15, 0.2) is 109 Å². The topological polar surface area (TPSA) is 122 Å². The lowest BCUT2D eigenvalue weighted by Gasteiger charge is -2.25. The molecule has 6 aromatic rings. The van der Waals surface area contributed by atoms with Gasteiger partial charge in [-0.05, 0) is 66.8 Å². The van der Waals surface area contributed by atoms with Crippen LogP contribution in [0.3, 0.4) is 0 Å². The van der Waals surface area contributed by atoms with E-state index in [1.165, 1.54) is 4.57 Å². The number of nitrogens with zero attached hydrogens (tertiary/aromatic N) is 2. The number of aromatic nitrogens is 3. The largest absolute Gasteiger partial charge is 0.459 e. The first kappa shape index (κ1) is 32.5. The van der Waals surface area contributed by atoms with Crippen LogP contribution in [-0.2, 0) is 18.9 Å². The highest BCUT2D eigenvalue weighted by Gasteiger charge is 2.52. The summed E-state index contributed by atoms with van der Waals surface area (Å²) >= 11 is 18.3. The van der Waals surface area contributed by atoms with E-state index in [0.29, 0.717) is 37.7 Å². The predicted molar refractivity (Wildman–Crippen MR) is 184 cm³/mol. The summed E-state index contributed by atoms with van der Waals surface area (Å²) in [5.41, 5.74) is 2.22. The third-order valence-corrected chi connectivity index (χ3v) is 8.98. The summed E-state index contributed by atoms with van der Waals surface area (Å²) in [5, 5.41) is 1.36. The minimum absolute atomic E-state index is 0.177. The second-order valence-electron chi connectivity index (χ2n) is 11.1. The molecule has 0 amide bonds. The number of carbonyl (C=O) groups is 3. The number of imidazole rings is 1. The van der Waals surface area contributed by atoms with Gasteiger partial charge in [-0.3, -0.25) is 4.57 Å². The molecule has 1 aliphatic heterocycles. The third kappa shape index (κ3) is 6.66. The van der Waals surface area contributed by atoms with Gasteiger partial charge in [0.05, 0.1) is 37.8 Å². The van der Waals surface area contributed by atoms with Crippen molar-refractivity contribution in [3.8, 4) is 0 Å². The molecule has 1 N–H and O–H groups in total. The van der Waals surface area contributed by atoms with Crippen LogP contribution in [0.1, 0.15) is 37.3 Å². The lowest BCUT2D eigenvalue weighted by atomic mass is 10.1. The van der Waals surface area contributed by atoms with Gasteiger partial charge >= 0.3 is 17.9 Å². The lowest BCUT2D eigenvalue weighted by Crippen LogP contribution is -2.41. The van der Waals surface area contributed by atoms with Gasteiger partial charge < -0.3 is 23.9 Å². The van der Waals surface area contributed by atoms with Gasteiger partial charge in [-0.25, -0.2) is 19.4 Å². The fourth-order valence-electron chi connectivity index (χ4n) is 5.61. The Kier molecular flexibility index (Phi) is 9.15. The predicted octanol–water partition coefficient (Wildman–Crippen LogP) is 7.76. The van der Waals surface area contributed by atoms with E-state index in [-0.39, 0.29) is 22.5 Å². The summed E-state index contributed by atoms with van der Waals surface area (Å²) in [6.07, 6.45) is -4.82. The van der Waals surface area contributed by atoms with Crippen LogP contribution >= 0.6 is 35.4 Å². The monoisotopic (exact) mass is 713 g/mol. The molecule has 4 aromatic carbocycles. The average molecular weight is 715 g/mol. The van der Waals surface area contributed by atoms with Crippen molar-refractivity contribution in [1.29, 1.82) is 0 Å². The Morgan fingerprint density at radius 3 is 1.88 bits per heavy atom. The third-order valence-electron chi connectivity index (χ3n) is 7.96. The van der Waals surface area contributed by atoms with E-state index in [1.807, 2.05) is 0 Å². The number of esters is 3. The van der Waals surface area contributed by atoms with Crippen molar-refractivity contribution < 1.29 is 33.3 Å². The number of carbonyl (C=O) groups excluding carboxylic acids is 3. The van der Waals surface area contributed by atoms with Crippen molar-refractivity contribution in [3.05, 3.63) is 141 Å². The molecule has 0 unspecified atom stereocenters. The molecule has 246 valence electrons. The summed E-state index contributed by atoms with van der Waals surface area (Å²) in [6.45, 7) is -0.351. The summed E-state index contributed by atoms with van der Waals surface area (Å²) < 4.78 is 26.0. The summed E-state index contributed by atoms with van der Waals surface area (Å²) in [6, 6.07) is 30.2. The second kappa shape index (κ2) is 13.8. The Morgan fingerprint density at radius 1 is 0.755 bits per heavy atom. The molecule has 13 heteroatoms. The van der Waals surface area contributed by atoms with Gasteiger partial charge in [-0.2, -0.15) is 0 Å². The van der Waals surface area contributed by atoms with Gasteiger partial charge in [0.2, 0.25) is 0 Å². The van der Waals surface area contributed by atoms with Crippen LogP contribution in [0.5, 0.6) is 0 Å². The summed E-state index contributed by atoms with van der Waals surface area (Å²) in [4.78, 5) is 48.0. The van der Waals surface area contributed by atoms with E-state index in [2.05, 4.69) is 4.98 Å². The van der Waals surface area contributed by atoms with Gasteiger partial charge in [0.25, 0.3) is 0 Å². The summed E-state index contributed by atoms with van der Waals surface area (Å²) in [5.74, 6) is -2.02. The zero-order valence-electron chi connectivity index (χ0n) is 25.3. The molecular formula is C36H25Cl2N3O7S. The Morgan fingerprint density at radius 2 is 1.29 bits per heavy atom. The lowest BCUT2D eigenvalue weighted by molar-refractivity contribution is -0.0611. The first-order chi connectivity index (χ1) is 23.8. The summed E-state index contributed by atoms with van der Waals surface area (Å²) in [7, 11) is 0. The van der Waals surface area contributed by atoms with E-state index < -0.39 is 42.4 Å². The van der Waals surface area contributed by atoms with Gasteiger partial charge in [0.1, 0.15) is 12.7 Å². The average Bonchev–Trinajstić information content (AvgIpc) is 3.61. The number of H-pyrrole nitrogens is 1. The standard InChI is InChI=1S/C36H25Cl2N3O7S/c37-24-16-23-17-27-31(39-26(23)18-25(24)38)41(36(49)40-27)32-30(48-35(44)22-14-8-3-9-15-22)29(47-34(43)21-12-6-2-7-13-21)28(46-32)19-45-33(42)20-10-4-1-5-11-20/h1-18,28-30,32H,19H2,(H,40,49)/t28-,29-,30-,32-/m1/s1. The molecule has 1 fully saturated rings. The molecule has 0 saturated carbocycles. The fourth-order valence-corrected chi connectivity index (χ4v) is 6.24. The number of fused-ring (bicyclic) bond motifs is 2. The van der Waals surface area contributed by atoms with E-state index >= 15 is 0 Å². The number of pyridine rings is 1. The van der Waals surface area contributed by atoms with Crippen molar-refractivity contribution in [3.63, 3.8) is 0 Å². The van der Waals surface area contributed by atoms with Crippen molar-refractivity contribution in [2.24, 2.45) is 0 Å². The minimum atomic E-state index is -1.28. The molecule has 4 atom stereocenters. The molecular weight excluding hydrogens is 689 g/mol. The van der Waals surface area contributed by atoms with Gasteiger partial charge in [0.15, 0.2) is 28.9 Å². The van der Waals surface area contributed by atoms with Crippen molar-refractivity contribution >= 4 is 75.4 Å². The molecule has 49 heavy (non-hydrogen) atoms. The maximum Gasteiger partial charge on any atom is 0.338 e. The molecule has 10 nitrogen and oxygen atoms in total. The van der Waals surface area contributed by atoms with E-state index in [9.17, 15) is 14.4 Å². The molecule has 7 rings (SSSR count). The first-order valence-corrected chi connectivity index (χ1v) is 16.2. The zero-order valence-corrected chi connectivity index (χ0v) is 27.7. The molecule has 0 aliphatic carbocycles. The van der Waals surface area contributed by atoms with Crippen LogP contribution in [0.4, 0.5) is 0 Å². The molecule has 3 heterocycles. The fraction of sp³-hybridized carbons (Fsp3) is 0.139. The normalized spacial score (nSPS) is 18.7. The van der Waals surface area contributed by atoms with Gasteiger partial charge in [-0.1, -0.05) is 77.8 Å². The number of nitrogens with one attached hydrogen (secondary N) is 1. The Labute approximate surface area is 294 Å². The number of hydrogen-bond acceptors (Lipinski definition) is 9. The highest BCUT2D eigenvalue weighted by molar-refractivity contribution is 7.71. The van der Waals surface area contributed by atoms with Crippen molar-refractivity contribution in [2.45, 2.75) is 24.5 Å². The molecule has 0 spiro atoms. The number of benzene rings is 4. The maximum atomic E-state index is 13.6. The Balaban J connectivity index is 1.32. The maximum absolute atomic E-state index is 13.6. The zero-order chi connectivity index (χ0) is 34.1. The Hall–Kier alpha value is -5.07. The van der Waals surface area contributed by atoms with Crippen LogP contribution in [-0.4, -0.2) is 57.4 Å². The van der Waals surface area contributed by atoms with E-state index in [1.54, 1.807) is 109 Å². The first-order valence-electron chi connectivity index (χ1n) is 15.1. The van der Waals surface area contributed by atoms with E-state index in [0.717, 1.165) is 0 Å². The van der Waals surface area contributed by atoms with Crippen LogP contribution in [0.2, 0.25) is 10.0 Å². The number of halogens is 2. The van der Waals surface area contributed by atoms with Gasteiger partial charge in [0, 0.05) is 5.39 Å². The number of ether oxygens (including phenoxy) is 4. The molecule has 1 saturated heterocycles. The molecule has 0 bridgehead atoms. The number of aromatic amines is 1. The number of hydrogen-bond donors (Lipinski definition) is 1. The van der Waals surface area contributed by atoms with Crippen LogP contribution in [0, 0.1) is 4.77 Å². The van der Waals surface area contributed by atoms with E-state index in [4.69, 9.17) is 59.4 Å². The highest BCUT2D eigenvalue weighted by Crippen LogP contribution is 2.38. The van der Waals surface area contributed by atoms with Crippen molar-refractivity contribution in [1.82, 2.24) is 14.5 Å². The number of rotatable bonds is 8. The van der Waals surface area contributed by atoms with Crippen LogP contribution in [0.25, 0.3) is 22.1 Å². The molecule has 0 radical (unpaired) electrons. The smallest absolute Gasteiger partial charge is 0.338 e. The molecule has 1 aliphatic rings. The van der Waals surface area contributed by atoms with Crippen molar-refractivity contribution in [2.75, 3.05) is 6.61 Å².